The maximum atomic E-state index is 11.3. The van der Waals surface area contributed by atoms with Crippen LogP contribution in [0, 0.1) is 0 Å². The minimum Gasteiger partial charge on any atom is -0.421 e. The summed E-state index contributed by atoms with van der Waals surface area (Å²) >= 11 is 11.6. The summed E-state index contributed by atoms with van der Waals surface area (Å²) in [4.78, 5) is 13.9. The van der Waals surface area contributed by atoms with Gasteiger partial charge in [-0.25, -0.2) is 4.79 Å². The predicted molar refractivity (Wildman–Crippen MR) is 61.3 cm³/mol. The van der Waals surface area contributed by atoms with Crippen LogP contribution in [0.4, 0.5) is 5.69 Å². The molecule has 0 saturated carbocycles. The van der Waals surface area contributed by atoms with E-state index in [2.05, 4.69) is 10.0 Å². The lowest BCUT2D eigenvalue weighted by Gasteiger charge is -2.00. The highest BCUT2D eigenvalue weighted by atomic mass is 35.5. The number of rotatable bonds is 1. The van der Waals surface area contributed by atoms with Gasteiger partial charge in [0.1, 0.15) is 5.69 Å². The summed E-state index contributed by atoms with van der Waals surface area (Å²) in [5.41, 5.74) is 7.59. The third kappa shape index (κ3) is 1.84. The van der Waals surface area contributed by atoms with E-state index in [-0.39, 0.29) is 16.3 Å². The summed E-state index contributed by atoms with van der Waals surface area (Å²) in [5.74, 6) is 0. The summed E-state index contributed by atoms with van der Waals surface area (Å²) in [5, 5.41) is 4.33. The molecule has 16 heavy (non-hydrogen) atoms. The first-order valence-corrected chi connectivity index (χ1v) is 4.85. The number of hydrogen-bond acceptors (Lipinski definition) is 3. The highest BCUT2D eigenvalue weighted by Gasteiger charge is 2.08. The van der Waals surface area contributed by atoms with Gasteiger partial charge in [0.05, 0.1) is 5.02 Å². The summed E-state index contributed by atoms with van der Waals surface area (Å²) in [6.07, 6.45) is 0. The number of fused-ring (bicyclic) bond motifs is 1. The fourth-order valence-electron chi connectivity index (χ4n) is 1.26. The van der Waals surface area contributed by atoms with Crippen molar-refractivity contribution in [3.05, 3.63) is 49.1 Å². The second kappa shape index (κ2) is 4.06. The Morgan fingerprint density at radius 3 is 2.75 bits per heavy atom. The molecule has 0 spiro atoms. The summed E-state index contributed by atoms with van der Waals surface area (Å²) < 4.78 is 4.92. The topological polar surface area (TPSA) is 79.0 Å². The van der Waals surface area contributed by atoms with Gasteiger partial charge in [-0.3, -0.25) is 0 Å². The van der Waals surface area contributed by atoms with E-state index in [0.29, 0.717) is 10.4 Å². The van der Waals surface area contributed by atoms with Crippen molar-refractivity contribution < 1.29 is 4.42 Å². The number of hydrogen-bond donors (Lipinski definition) is 0. The molecule has 0 radical (unpaired) electrons. The second-order valence-corrected chi connectivity index (χ2v) is 3.76. The zero-order valence-corrected chi connectivity index (χ0v) is 9.16. The van der Waals surface area contributed by atoms with Crippen LogP contribution in [0.2, 0.25) is 10.0 Å². The van der Waals surface area contributed by atoms with Crippen LogP contribution in [0.1, 0.15) is 0 Å². The largest absolute Gasteiger partial charge is 0.421 e. The third-order valence-electron chi connectivity index (χ3n) is 1.89. The maximum Gasteiger partial charge on any atom is 0.345 e. The zero-order chi connectivity index (χ0) is 11.7. The van der Waals surface area contributed by atoms with Crippen molar-refractivity contribution in [1.82, 2.24) is 0 Å². The van der Waals surface area contributed by atoms with Crippen LogP contribution in [0.25, 0.3) is 21.4 Å². The van der Waals surface area contributed by atoms with Crippen LogP contribution in [0.15, 0.2) is 32.5 Å². The lowest BCUT2D eigenvalue weighted by atomic mass is 10.2. The lowest BCUT2D eigenvalue weighted by molar-refractivity contribution is 0.562. The van der Waals surface area contributed by atoms with E-state index in [1.54, 1.807) is 6.07 Å². The molecule has 0 bridgehead atoms. The van der Waals surface area contributed by atoms with Crippen LogP contribution >= 0.6 is 23.2 Å². The van der Waals surface area contributed by atoms with Crippen molar-refractivity contribution in [3.63, 3.8) is 0 Å². The van der Waals surface area contributed by atoms with Gasteiger partial charge in [0, 0.05) is 15.3 Å². The Labute approximate surface area is 98.8 Å². The standard InChI is InChI=1S/C9H3Cl2N3O2/c10-5-1-4-2-7(13-14-12)9(15)16-8(4)6(11)3-5/h1-3H. The Balaban J connectivity index is 2.89. The minimum absolute atomic E-state index is 0.131. The fourth-order valence-corrected chi connectivity index (χ4v) is 1.81. The number of halogens is 2. The van der Waals surface area contributed by atoms with Crippen LogP contribution in [-0.2, 0) is 0 Å². The Bertz CT molecular complexity index is 674. The smallest absolute Gasteiger partial charge is 0.345 e. The van der Waals surface area contributed by atoms with E-state index in [9.17, 15) is 4.79 Å². The molecule has 0 N–H and O–H groups in total. The van der Waals surface area contributed by atoms with Crippen molar-refractivity contribution in [1.29, 1.82) is 0 Å². The third-order valence-corrected chi connectivity index (χ3v) is 2.38. The van der Waals surface area contributed by atoms with Crippen molar-refractivity contribution in [2.24, 2.45) is 5.11 Å². The zero-order valence-electron chi connectivity index (χ0n) is 7.65. The van der Waals surface area contributed by atoms with Crippen LogP contribution in [0.5, 0.6) is 0 Å². The second-order valence-electron chi connectivity index (χ2n) is 2.91. The van der Waals surface area contributed by atoms with E-state index in [4.69, 9.17) is 33.2 Å². The predicted octanol–water partition coefficient (Wildman–Crippen LogP) is 4.04. The van der Waals surface area contributed by atoms with Gasteiger partial charge in [0.15, 0.2) is 5.58 Å². The Hall–Kier alpha value is -1.68. The molecule has 1 aromatic heterocycles. The fraction of sp³-hybridized carbons (Fsp3) is 0. The van der Waals surface area contributed by atoms with Gasteiger partial charge in [-0.2, -0.15) is 0 Å². The molecule has 2 aromatic rings. The minimum atomic E-state index is -0.741. The first kappa shape index (κ1) is 10.8. The molecule has 1 aromatic carbocycles. The van der Waals surface area contributed by atoms with E-state index in [1.165, 1.54) is 12.1 Å². The normalized spacial score (nSPS) is 10.1. The van der Waals surface area contributed by atoms with Crippen molar-refractivity contribution in [3.8, 4) is 0 Å². The molecular formula is C9H3Cl2N3O2. The molecule has 0 aliphatic rings. The molecule has 0 saturated heterocycles. The molecule has 0 aliphatic carbocycles. The number of benzene rings is 1. The molecule has 0 atom stereocenters. The van der Waals surface area contributed by atoms with Crippen LogP contribution in [-0.4, -0.2) is 0 Å². The Kier molecular flexibility index (Phi) is 2.75. The Morgan fingerprint density at radius 2 is 2.06 bits per heavy atom. The summed E-state index contributed by atoms with van der Waals surface area (Å²) in [6, 6.07) is 4.39. The maximum absolute atomic E-state index is 11.3. The first-order chi connectivity index (χ1) is 7.61. The monoisotopic (exact) mass is 255 g/mol. The van der Waals surface area contributed by atoms with E-state index in [1.807, 2.05) is 0 Å². The SMILES string of the molecule is [N-]=[N+]=Nc1cc2cc(Cl)cc(Cl)c2oc1=O. The van der Waals surface area contributed by atoms with E-state index in [0.717, 1.165) is 0 Å². The van der Waals surface area contributed by atoms with Crippen LogP contribution < -0.4 is 5.63 Å². The molecule has 80 valence electrons. The quantitative estimate of drug-likeness (QED) is 0.334. The molecule has 7 heteroatoms. The van der Waals surface area contributed by atoms with Gasteiger partial charge >= 0.3 is 5.63 Å². The molecule has 5 nitrogen and oxygen atoms in total. The molecular weight excluding hydrogens is 253 g/mol. The average molecular weight is 256 g/mol. The van der Waals surface area contributed by atoms with Gasteiger partial charge in [-0.1, -0.05) is 28.3 Å². The highest BCUT2D eigenvalue weighted by Crippen LogP contribution is 2.28. The molecule has 0 amide bonds. The van der Waals surface area contributed by atoms with E-state index >= 15 is 0 Å². The van der Waals surface area contributed by atoms with Gasteiger partial charge in [-0.05, 0) is 23.7 Å². The van der Waals surface area contributed by atoms with Crippen molar-refractivity contribution in [2.45, 2.75) is 0 Å². The van der Waals surface area contributed by atoms with Gasteiger partial charge in [0.25, 0.3) is 0 Å². The van der Waals surface area contributed by atoms with Crippen molar-refractivity contribution in [2.75, 3.05) is 0 Å². The first-order valence-electron chi connectivity index (χ1n) is 4.10. The molecule has 0 aliphatic heterocycles. The van der Waals surface area contributed by atoms with E-state index < -0.39 is 5.63 Å². The molecule has 2 rings (SSSR count). The number of azide groups is 1. The van der Waals surface area contributed by atoms with Crippen molar-refractivity contribution >= 4 is 39.9 Å². The molecule has 0 unspecified atom stereocenters. The number of nitrogens with zero attached hydrogens (tertiary/aromatic N) is 3. The van der Waals surface area contributed by atoms with Gasteiger partial charge in [0.2, 0.25) is 0 Å². The lowest BCUT2D eigenvalue weighted by Crippen LogP contribution is -1.97. The molecule has 1 heterocycles. The highest BCUT2D eigenvalue weighted by molar-refractivity contribution is 6.38. The summed E-state index contributed by atoms with van der Waals surface area (Å²) in [6.45, 7) is 0. The Morgan fingerprint density at radius 1 is 1.31 bits per heavy atom. The summed E-state index contributed by atoms with van der Waals surface area (Å²) in [7, 11) is 0. The van der Waals surface area contributed by atoms with Gasteiger partial charge < -0.3 is 4.42 Å². The van der Waals surface area contributed by atoms with Crippen LogP contribution in [0.3, 0.4) is 0 Å². The van der Waals surface area contributed by atoms with Gasteiger partial charge in [-0.15, -0.1) is 0 Å². The molecule has 0 fully saturated rings. The average Bonchev–Trinajstić information content (AvgIpc) is 2.21.